The summed E-state index contributed by atoms with van der Waals surface area (Å²) in [4.78, 5) is 4.04. The zero-order valence-electron chi connectivity index (χ0n) is 19.3. The van der Waals surface area contributed by atoms with E-state index in [2.05, 4.69) is 11.9 Å². The van der Waals surface area contributed by atoms with Gasteiger partial charge in [0, 0.05) is 29.8 Å². The fraction of sp³-hybridized carbons (Fsp3) is 0.250. The largest absolute Gasteiger partial charge is 0.512 e. The molecule has 0 saturated carbocycles. The molecule has 2 aromatic carbocycles. The van der Waals surface area contributed by atoms with Gasteiger partial charge in [-0.15, -0.1) is 0 Å². The van der Waals surface area contributed by atoms with Crippen molar-refractivity contribution in [2.45, 2.75) is 26.5 Å². The molecule has 174 valence electrons. The number of nitrogens with zero attached hydrogens (tertiary/aromatic N) is 2. The number of aliphatic hydroxyl groups is 1. The molecule has 1 aromatic heterocycles. The van der Waals surface area contributed by atoms with Gasteiger partial charge in [0.05, 0.1) is 18.6 Å². The van der Waals surface area contributed by atoms with Crippen molar-refractivity contribution in [3.05, 3.63) is 108 Å². The number of aromatic nitrogens is 2. The minimum absolute atomic E-state index is 0.0515. The van der Waals surface area contributed by atoms with Gasteiger partial charge in [0.25, 0.3) is 0 Å². The van der Waals surface area contributed by atoms with Crippen LogP contribution in [-0.2, 0) is 11.3 Å². The molecule has 3 atom stereocenters. The Balaban J connectivity index is 1.46. The van der Waals surface area contributed by atoms with Crippen molar-refractivity contribution >= 4 is 5.57 Å². The van der Waals surface area contributed by atoms with Gasteiger partial charge < -0.3 is 24.3 Å². The Bertz CT molecular complexity index is 1260. The number of phenols is 1. The molecule has 0 spiro atoms. The van der Waals surface area contributed by atoms with Crippen molar-refractivity contribution < 1.29 is 19.7 Å². The number of aliphatic hydroxyl groups excluding tert-OH is 1. The number of allylic oxidation sites excluding steroid dienone is 4. The lowest BCUT2D eigenvalue weighted by molar-refractivity contribution is 0.109. The Kier molecular flexibility index (Phi) is 5.88. The molecular weight excluding hydrogens is 428 g/mol. The molecule has 0 radical (unpaired) electrons. The molecule has 1 aliphatic carbocycles. The van der Waals surface area contributed by atoms with Crippen LogP contribution in [-0.4, -0.2) is 26.4 Å². The van der Waals surface area contributed by atoms with Gasteiger partial charge in [-0.2, -0.15) is 0 Å². The van der Waals surface area contributed by atoms with Crippen LogP contribution >= 0.6 is 0 Å². The molecule has 2 aliphatic rings. The number of phenolic OH excluding ortho intramolecular Hbond substituents is 1. The molecule has 0 fully saturated rings. The van der Waals surface area contributed by atoms with Gasteiger partial charge in [-0.25, -0.2) is 4.98 Å². The van der Waals surface area contributed by atoms with Gasteiger partial charge >= 0.3 is 0 Å². The van der Waals surface area contributed by atoms with Gasteiger partial charge in [-0.05, 0) is 54.5 Å². The minimum Gasteiger partial charge on any atom is -0.512 e. The van der Waals surface area contributed by atoms with E-state index in [0.29, 0.717) is 12.4 Å². The lowest BCUT2D eigenvalue weighted by Crippen LogP contribution is -2.29. The molecule has 0 saturated heterocycles. The number of imidazole rings is 1. The van der Waals surface area contributed by atoms with E-state index in [4.69, 9.17) is 9.47 Å². The van der Waals surface area contributed by atoms with E-state index in [0.717, 1.165) is 40.3 Å². The summed E-state index contributed by atoms with van der Waals surface area (Å²) in [7, 11) is 0. The van der Waals surface area contributed by atoms with E-state index in [1.807, 2.05) is 60.2 Å². The van der Waals surface area contributed by atoms with Gasteiger partial charge in [-0.1, -0.05) is 36.8 Å². The maximum absolute atomic E-state index is 10.4. The maximum Gasteiger partial charge on any atom is 0.149 e. The van der Waals surface area contributed by atoms with Gasteiger partial charge in [0.15, 0.2) is 0 Å². The van der Waals surface area contributed by atoms with Crippen LogP contribution in [0.5, 0.6) is 11.5 Å². The fourth-order valence-electron chi connectivity index (χ4n) is 4.82. The van der Waals surface area contributed by atoms with Crippen LogP contribution in [0.4, 0.5) is 0 Å². The Morgan fingerprint density at radius 3 is 2.65 bits per heavy atom. The van der Waals surface area contributed by atoms with Crippen LogP contribution in [0.1, 0.15) is 31.1 Å². The predicted octanol–water partition coefficient (Wildman–Crippen LogP) is 5.80. The number of benzene rings is 2. The maximum atomic E-state index is 10.4. The highest BCUT2D eigenvalue weighted by atomic mass is 16.5. The van der Waals surface area contributed by atoms with E-state index in [1.54, 1.807) is 30.7 Å². The number of rotatable bonds is 6. The van der Waals surface area contributed by atoms with E-state index in [9.17, 15) is 10.2 Å². The van der Waals surface area contributed by atoms with E-state index in [1.165, 1.54) is 0 Å². The molecule has 5 rings (SSSR count). The third-order valence-corrected chi connectivity index (χ3v) is 6.62. The van der Waals surface area contributed by atoms with Crippen molar-refractivity contribution in [3.8, 4) is 11.5 Å². The fourth-order valence-corrected chi connectivity index (χ4v) is 4.82. The summed E-state index contributed by atoms with van der Waals surface area (Å²) < 4.78 is 14.4. The molecule has 6 heteroatoms. The predicted molar refractivity (Wildman–Crippen MR) is 130 cm³/mol. The molecule has 0 bridgehead atoms. The van der Waals surface area contributed by atoms with Crippen LogP contribution in [0.15, 0.2) is 96.5 Å². The smallest absolute Gasteiger partial charge is 0.149 e. The number of aromatic hydroxyl groups is 1. The zero-order chi connectivity index (χ0) is 23.7. The first-order valence-corrected chi connectivity index (χ1v) is 11.5. The second-order valence-corrected chi connectivity index (χ2v) is 8.79. The summed E-state index contributed by atoms with van der Waals surface area (Å²) in [5.41, 5.74) is 4.03. The first-order valence-electron chi connectivity index (χ1n) is 11.5. The van der Waals surface area contributed by atoms with Gasteiger partial charge in [0.2, 0.25) is 0 Å². The SMILES string of the molecule is CC1=C(c2cccc(O)c2)C(c2ccc(OCCn3ccnc3)cc2)OC2=CC=C(O)C(C)C21. The molecule has 34 heavy (non-hydrogen) atoms. The van der Waals surface area contributed by atoms with Crippen molar-refractivity contribution in [2.24, 2.45) is 11.8 Å². The highest BCUT2D eigenvalue weighted by molar-refractivity contribution is 5.76. The summed E-state index contributed by atoms with van der Waals surface area (Å²) in [6.07, 6.45) is 8.68. The summed E-state index contributed by atoms with van der Waals surface area (Å²) >= 11 is 0. The third-order valence-electron chi connectivity index (χ3n) is 6.62. The molecule has 1 aliphatic heterocycles. The second kappa shape index (κ2) is 9.14. The number of ether oxygens (including phenoxy) is 2. The molecular formula is C28H28N2O4. The highest BCUT2D eigenvalue weighted by Crippen LogP contribution is 2.50. The Labute approximate surface area is 199 Å². The number of hydrogen-bond acceptors (Lipinski definition) is 5. The van der Waals surface area contributed by atoms with E-state index < -0.39 is 0 Å². The molecule has 2 N–H and O–H groups in total. The van der Waals surface area contributed by atoms with Crippen LogP contribution in [0.3, 0.4) is 0 Å². The summed E-state index contributed by atoms with van der Waals surface area (Å²) in [5.74, 6) is 2.05. The van der Waals surface area contributed by atoms with Crippen LogP contribution in [0.25, 0.3) is 5.57 Å². The number of fused-ring (bicyclic) bond motifs is 1. The monoisotopic (exact) mass is 456 g/mol. The molecule has 3 unspecified atom stereocenters. The van der Waals surface area contributed by atoms with E-state index >= 15 is 0 Å². The van der Waals surface area contributed by atoms with Crippen molar-refractivity contribution in [2.75, 3.05) is 6.61 Å². The zero-order valence-corrected chi connectivity index (χ0v) is 19.3. The molecule has 3 aromatic rings. The van der Waals surface area contributed by atoms with Crippen LogP contribution < -0.4 is 4.74 Å². The quantitative estimate of drug-likeness (QED) is 0.490. The van der Waals surface area contributed by atoms with Crippen LogP contribution in [0.2, 0.25) is 0 Å². The minimum atomic E-state index is -0.342. The summed E-state index contributed by atoms with van der Waals surface area (Å²) in [6, 6.07) is 15.2. The Morgan fingerprint density at radius 1 is 1.09 bits per heavy atom. The normalized spacial score (nSPS) is 21.9. The Morgan fingerprint density at radius 2 is 1.91 bits per heavy atom. The summed E-state index contributed by atoms with van der Waals surface area (Å²) in [5, 5.41) is 20.5. The first-order chi connectivity index (χ1) is 16.5. The first kappa shape index (κ1) is 21.9. The topological polar surface area (TPSA) is 76.7 Å². The van der Waals surface area contributed by atoms with Gasteiger partial charge in [0.1, 0.15) is 30.0 Å². The highest BCUT2D eigenvalue weighted by Gasteiger charge is 2.39. The van der Waals surface area contributed by atoms with Gasteiger partial charge in [-0.3, -0.25) is 0 Å². The molecule has 0 amide bonds. The molecule has 6 nitrogen and oxygen atoms in total. The molecule has 2 heterocycles. The second-order valence-electron chi connectivity index (χ2n) is 8.79. The van der Waals surface area contributed by atoms with Crippen molar-refractivity contribution in [1.82, 2.24) is 9.55 Å². The average Bonchev–Trinajstić information content (AvgIpc) is 3.35. The summed E-state index contributed by atoms with van der Waals surface area (Å²) in [6.45, 7) is 5.37. The van der Waals surface area contributed by atoms with Crippen LogP contribution in [0, 0.1) is 11.8 Å². The average molecular weight is 457 g/mol. The Hall–Kier alpha value is -3.93. The van der Waals surface area contributed by atoms with Crippen molar-refractivity contribution in [3.63, 3.8) is 0 Å². The van der Waals surface area contributed by atoms with E-state index in [-0.39, 0.29) is 23.7 Å². The van der Waals surface area contributed by atoms with Crippen molar-refractivity contribution in [1.29, 1.82) is 0 Å². The lowest BCUT2D eigenvalue weighted by Gasteiger charge is -2.40. The lowest BCUT2D eigenvalue weighted by atomic mass is 9.75. The standard InChI is InChI=1S/C28H28N2O4/c1-18-24(32)10-11-25-26(18)19(2)27(21-4-3-5-22(31)16-21)28(34-25)20-6-8-23(9-7-20)33-15-14-30-13-12-29-17-30/h3-13,16-18,26,28,31-32H,14-15H2,1-2H3. The third kappa shape index (κ3) is 4.19. The number of hydrogen-bond donors (Lipinski definition) is 2.